The summed E-state index contributed by atoms with van der Waals surface area (Å²) in [6.45, 7) is 5.16. The molecule has 1 amide bonds. The summed E-state index contributed by atoms with van der Waals surface area (Å²) in [4.78, 5) is 14.5. The zero-order valence-corrected chi connectivity index (χ0v) is 14.0. The SMILES string of the molecule is CC(C)N(Cc1ccccc1)C(=O)CNc1ccc2c(c1)OCO2. The number of ether oxygens (including phenoxy) is 2. The van der Waals surface area contributed by atoms with E-state index in [4.69, 9.17) is 9.47 Å². The second kappa shape index (κ2) is 7.25. The van der Waals surface area contributed by atoms with Crippen LogP contribution in [-0.4, -0.2) is 30.2 Å². The lowest BCUT2D eigenvalue weighted by molar-refractivity contribution is -0.131. The largest absolute Gasteiger partial charge is 0.454 e. The molecule has 0 fully saturated rings. The number of benzene rings is 2. The van der Waals surface area contributed by atoms with Gasteiger partial charge in [0.05, 0.1) is 6.54 Å². The maximum atomic E-state index is 12.6. The standard InChI is InChI=1S/C19H22N2O3/c1-14(2)21(12-15-6-4-3-5-7-15)19(22)11-20-16-8-9-17-18(10-16)24-13-23-17/h3-10,14,20H,11-13H2,1-2H3. The molecule has 0 atom stereocenters. The van der Waals surface area contributed by atoms with Crippen LogP contribution in [0.2, 0.25) is 0 Å². The fraction of sp³-hybridized carbons (Fsp3) is 0.316. The summed E-state index contributed by atoms with van der Waals surface area (Å²) in [5.41, 5.74) is 1.97. The van der Waals surface area contributed by atoms with E-state index in [1.807, 2.05) is 67.3 Å². The van der Waals surface area contributed by atoms with E-state index in [0.717, 1.165) is 17.0 Å². The van der Waals surface area contributed by atoms with Crippen LogP contribution in [0.3, 0.4) is 0 Å². The second-order valence-corrected chi connectivity index (χ2v) is 6.02. The zero-order chi connectivity index (χ0) is 16.9. The van der Waals surface area contributed by atoms with Gasteiger partial charge in [0, 0.05) is 24.3 Å². The van der Waals surface area contributed by atoms with Crippen LogP contribution in [0.4, 0.5) is 5.69 Å². The Morgan fingerprint density at radius 3 is 2.62 bits per heavy atom. The number of nitrogens with one attached hydrogen (secondary N) is 1. The maximum Gasteiger partial charge on any atom is 0.242 e. The normalized spacial score (nSPS) is 12.3. The Kier molecular flexibility index (Phi) is 4.89. The van der Waals surface area contributed by atoms with Gasteiger partial charge in [-0.2, -0.15) is 0 Å². The molecule has 0 radical (unpaired) electrons. The first-order valence-corrected chi connectivity index (χ1v) is 8.10. The highest BCUT2D eigenvalue weighted by atomic mass is 16.7. The molecule has 1 heterocycles. The quantitative estimate of drug-likeness (QED) is 0.885. The Balaban J connectivity index is 1.61. The average Bonchev–Trinajstić information content (AvgIpc) is 3.06. The first kappa shape index (κ1) is 16.2. The molecular formula is C19H22N2O3. The van der Waals surface area contributed by atoms with Gasteiger partial charge in [0.25, 0.3) is 0 Å². The minimum absolute atomic E-state index is 0.0616. The van der Waals surface area contributed by atoms with Crippen molar-refractivity contribution in [3.8, 4) is 11.5 Å². The minimum Gasteiger partial charge on any atom is -0.454 e. The van der Waals surface area contributed by atoms with Crippen molar-refractivity contribution in [1.82, 2.24) is 4.90 Å². The second-order valence-electron chi connectivity index (χ2n) is 6.02. The highest BCUT2D eigenvalue weighted by molar-refractivity contribution is 5.81. The first-order chi connectivity index (χ1) is 11.6. The third kappa shape index (κ3) is 3.79. The van der Waals surface area contributed by atoms with Gasteiger partial charge in [0.15, 0.2) is 11.5 Å². The zero-order valence-electron chi connectivity index (χ0n) is 14.0. The van der Waals surface area contributed by atoms with E-state index >= 15 is 0 Å². The molecule has 0 unspecified atom stereocenters. The van der Waals surface area contributed by atoms with Crippen molar-refractivity contribution in [2.75, 3.05) is 18.7 Å². The molecule has 0 saturated carbocycles. The number of rotatable bonds is 6. The number of amides is 1. The van der Waals surface area contributed by atoms with Gasteiger partial charge in [-0.25, -0.2) is 0 Å². The van der Waals surface area contributed by atoms with Gasteiger partial charge in [-0.1, -0.05) is 30.3 Å². The van der Waals surface area contributed by atoms with Gasteiger partial charge in [0.1, 0.15) is 0 Å². The Hall–Kier alpha value is -2.69. The summed E-state index contributed by atoms with van der Waals surface area (Å²) in [5.74, 6) is 1.50. The lowest BCUT2D eigenvalue weighted by atomic mass is 10.2. The van der Waals surface area contributed by atoms with Gasteiger partial charge < -0.3 is 19.7 Å². The lowest BCUT2D eigenvalue weighted by Gasteiger charge is -2.27. The molecule has 1 aliphatic rings. The van der Waals surface area contributed by atoms with Crippen molar-refractivity contribution in [3.05, 3.63) is 54.1 Å². The molecule has 0 aromatic heterocycles. The Morgan fingerprint density at radius 2 is 1.88 bits per heavy atom. The van der Waals surface area contributed by atoms with Gasteiger partial charge in [-0.15, -0.1) is 0 Å². The summed E-state index contributed by atoms with van der Waals surface area (Å²) in [7, 11) is 0. The lowest BCUT2D eigenvalue weighted by Crippen LogP contribution is -2.39. The smallest absolute Gasteiger partial charge is 0.242 e. The molecule has 3 rings (SSSR count). The Morgan fingerprint density at radius 1 is 1.12 bits per heavy atom. The van der Waals surface area contributed by atoms with E-state index in [1.54, 1.807) is 0 Å². The molecule has 5 nitrogen and oxygen atoms in total. The molecule has 1 aliphatic heterocycles. The van der Waals surface area contributed by atoms with Gasteiger partial charge in [-0.3, -0.25) is 4.79 Å². The number of anilines is 1. The third-order valence-corrected chi connectivity index (χ3v) is 3.96. The van der Waals surface area contributed by atoms with Crippen LogP contribution in [0, 0.1) is 0 Å². The molecule has 24 heavy (non-hydrogen) atoms. The van der Waals surface area contributed by atoms with Crippen LogP contribution in [0.25, 0.3) is 0 Å². The summed E-state index contributed by atoms with van der Waals surface area (Å²) in [6, 6.07) is 15.8. The van der Waals surface area contributed by atoms with E-state index in [9.17, 15) is 4.79 Å². The van der Waals surface area contributed by atoms with E-state index in [2.05, 4.69) is 5.32 Å². The number of fused-ring (bicyclic) bond motifs is 1. The monoisotopic (exact) mass is 326 g/mol. The fourth-order valence-corrected chi connectivity index (χ4v) is 2.62. The number of carbonyl (C=O) groups excluding carboxylic acids is 1. The van der Waals surface area contributed by atoms with Crippen molar-refractivity contribution in [1.29, 1.82) is 0 Å². The van der Waals surface area contributed by atoms with Crippen molar-refractivity contribution in [2.45, 2.75) is 26.4 Å². The van der Waals surface area contributed by atoms with Crippen molar-refractivity contribution in [3.63, 3.8) is 0 Å². The van der Waals surface area contributed by atoms with Crippen LogP contribution >= 0.6 is 0 Å². The molecule has 2 aromatic carbocycles. The van der Waals surface area contributed by atoms with E-state index in [-0.39, 0.29) is 25.3 Å². The van der Waals surface area contributed by atoms with Crippen LogP contribution < -0.4 is 14.8 Å². The molecule has 1 N–H and O–H groups in total. The fourth-order valence-electron chi connectivity index (χ4n) is 2.62. The van der Waals surface area contributed by atoms with E-state index < -0.39 is 0 Å². The van der Waals surface area contributed by atoms with E-state index in [0.29, 0.717) is 12.3 Å². The number of hydrogen-bond donors (Lipinski definition) is 1. The number of carbonyl (C=O) groups is 1. The highest BCUT2D eigenvalue weighted by Gasteiger charge is 2.18. The Bertz CT molecular complexity index is 701. The summed E-state index contributed by atoms with van der Waals surface area (Å²) >= 11 is 0. The van der Waals surface area contributed by atoms with Gasteiger partial charge in [-0.05, 0) is 31.5 Å². The third-order valence-electron chi connectivity index (χ3n) is 3.96. The Labute approximate surface area is 142 Å². The van der Waals surface area contributed by atoms with Crippen molar-refractivity contribution in [2.24, 2.45) is 0 Å². The highest BCUT2D eigenvalue weighted by Crippen LogP contribution is 2.34. The number of nitrogens with zero attached hydrogens (tertiary/aromatic N) is 1. The van der Waals surface area contributed by atoms with Crippen LogP contribution in [0.1, 0.15) is 19.4 Å². The van der Waals surface area contributed by atoms with Crippen LogP contribution in [0.15, 0.2) is 48.5 Å². The van der Waals surface area contributed by atoms with Crippen molar-refractivity contribution < 1.29 is 14.3 Å². The summed E-state index contributed by atoms with van der Waals surface area (Å²) in [5, 5.41) is 3.17. The van der Waals surface area contributed by atoms with Crippen LogP contribution in [-0.2, 0) is 11.3 Å². The molecular weight excluding hydrogens is 304 g/mol. The molecule has 0 saturated heterocycles. The van der Waals surface area contributed by atoms with Gasteiger partial charge >= 0.3 is 0 Å². The first-order valence-electron chi connectivity index (χ1n) is 8.10. The average molecular weight is 326 g/mol. The molecule has 0 spiro atoms. The molecule has 126 valence electrons. The predicted molar refractivity (Wildman–Crippen MR) is 93.2 cm³/mol. The molecule has 0 aliphatic carbocycles. The van der Waals surface area contributed by atoms with Crippen molar-refractivity contribution >= 4 is 11.6 Å². The van der Waals surface area contributed by atoms with Crippen LogP contribution in [0.5, 0.6) is 11.5 Å². The maximum absolute atomic E-state index is 12.6. The van der Waals surface area contributed by atoms with Gasteiger partial charge in [0.2, 0.25) is 12.7 Å². The molecule has 2 aromatic rings. The molecule has 5 heteroatoms. The van der Waals surface area contributed by atoms with E-state index in [1.165, 1.54) is 0 Å². The number of hydrogen-bond acceptors (Lipinski definition) is 4. The minimum atomic E-state index is 0.0616. The summed E-state index contributed by atoms with van der Waals surface area (Å²) in [6.07, 6.45) is 0. The predicted octanol–water partition coefficient (Wildman–Crippen LogP) is 3.26. The summed E-state index contributed by atoms with van der Waals surface area (Å²) < 4.78 is 10.6. The topological polar surface area (TPSA) is 50.8 Å². The molecule has 0 bridgehead atoms.